The van der Waals surface area contributed by atoms with Crippen molar-refractivity contribution in [2.24, 2.45) is 5.84 Å². The van der Waals surface area contributed by atoms with Gasteiger partial charge in [-0.05, 0) is 48.5 Å². The monoisotopic (exact) mass is 368 g/mol. The van der Waals surface area contributed by atoms with Gasteiger partial charge in [0.15, 0.2) is 0 Å². The highest BCUT2D eigenvalue weighted by molar-refractivity contribution is 5.93. The van der Waals surface area contributed by atoms with E-state index in [9.17, 15) is 18.4 Å². The van der Waals surface area contributed by atoms with Gasteiger partial charge in [0, 0.05) is 5.56 Å². The molecular weight excluding hydrogens is 350 g/mol. The second-order valence-corrected chi connectivity index (χ2v) is 4.52. The molecule has 0 atom stereocenters. The summed E-state index contributed by atoms with van der Waals surface area (Å²) in [4.78, 5) is 21.9. The zero-order chi connectivity index (χ0) is 19.4. The minimum absolute atomic E-state index is 0.371. The average Bonchev–Trinajstić information content (AvgIpc) is 2.69. The summed E-state index contributed by atoms with van der Waals surface area (Å²) in [6.45, 7) is -1.76. The first-order valence-corrected chi connectivity index (χ1v) is 7.22. The molecule has 9 heteroatoms. The van der Waals surface area contributed by atoms with Crippen molar-refractivity contribution in [1.82, 2.24) is 5.43 Å². The van der Waals surface area contributed by atoms with Crippen LogP contribution < -0.4 is 20.7 Å². The van der Waals surface area contributed by atoms with Crippen molar-refractivity contribution in [2.45, 2.75) is 0 Å². The lowest BCUT2D eigenvalue weighted by Crippen LogP contribution is -2.29. The van der Waals surface area contributed by atoms with Crippen LogP contribution >= 0.6 is 0 Å². The van der Waals surface area contributed by atoms with Gasteiger partial charge < -0.3 is 14.2 Å². The number of nitrogen functional groups attached to an aromatic ring is 1. The van der Waals surface area contributed by atoms with Gasteiger partial charge in [-0.2, -0.15) is 0 Å². The fourth-order valence-corrected chi connectivity index (χ4v) is 1.72. The van der Waals surface area contributed by atoms with Gasteiger partial charge in [0.2, 0.25) is 13.7 Å². The Hall–Kier alpha value is -3.20. The summed E-state index contributed by atoms with van der Waals surface area (Å²) in [5.41, 5.74) is 2.79. The zero-order valence-corrected chi connectivity index (χ0v) is 13.9. The van der Waals surface area contributed by atoms with Gasteiger partial charge in [-0.3, -0.25) is 10.2 Å². The molecule has 0 aliphatic carbocycles. The van der Waals surface area contributed by atoms with E-state index in [1.54, 1.807) is 0 Å². The Morgan fingerprint density at radius 3 is 1.65 bits per heavy atom. The molecule has 7 nitrogen and oxygen atoms in total. The largest absolute Gasteiger partial charge is 0.465 e. The van der Waals surface area contributed by atoms with Crippen molar-refractivity contribution < 1.29 is 32.6 Å². The number of carbonyl (C=O) groups excluding carboxylic acids is 2. The van der Waals surface area contributed by atoms with E-state index in [4.69, 9.17) is 5.84 Å². The highest BCUT2D eigenvalue weighted by atomic mass is 19.1. The molecular formula is C17H18F2N2O5. The number of nitrogens with two attached hydrogens (primary N) is 1. The van der Waals surface area contributed by atoms with Crippen LogP contribution in [0.3, 0.4) is 0 Å². The number of halogens is 2. The summed E-state index contributed by atoms with van der Waals surface area (Å²) < 4.78 is 37.0. The number of benzene rings is 2. The third-order valence-corrected chi connectivity index (χ3v) is 2.97. The molecule has 0 bridgehead atoms. The number of esters is 1. The van der Waals surface area contributed by atoms with E-state index >= 15 is 0 Å². The molecule has 2 aromatic rings. The summed E-state index contributed by atoms with van der Waals surface area (Å²) >= 11 is 0. The standard InChI is InChI=1S/C9H9FO3.C8H9FN2O2/c1-12-9(11)7-2-4-8(5-3-7)13-6-10;9-5-13-7-3-1-6(2-4-7)8(12)11-10/h2-5H,6H2,1H3;1-4H,5,10H2,(H,11,12). The van der Waals surface area contributed by atoms with Crippen LogP contribution in [0, 0.1) is 0 Å². The van der Waals surface area contributed by atoms with Crippen LogP contribution in [0.4, 0.5) is 8.78 Å². The summed E-state index contributed by atoms with van der Waals surface area (Å²) in [6.07, 6.45) is 0. The van der Waals surface area contributed by atoms with Crippen LogP contribution in [-0.2, 0) is 4.74 Å². The number of nitrogens with one attached hydrogen (secondary N) is 1. The molecule has 3 N–H and O–H groups in total. The summed E-state index contributed by atoms with van der Waals surface area (Å²) in [5, 5.41) is 0. The van der Waals surface area contributed by atoms with Crippen molar-refractivity contribution in [3.05, 3.63) is 59.7 Å². The lowest BCUT2D eigenvalue weighted by Gasteiger charge is -2.02. The first-order chi connectivity index (χ1) is 12.5. The molecule has 140 valence electrons. The van der Waals surface area contributed by atoms with E-state index in [2.05, 4.69) is 14.2 Å². The van der Waals surface area contributed by atoms with Crippen LogP contribution in [0.2, 0.25) is 0 Å². The van der Waals surface area contributed by atoms with Gasteiger partial charge in [-0.1, -0.05) is 0 Å². The molecule has 0 heterocycles. The third kappa shape index (κ3) is 6.73. The van der Waals surface area contributed by atoms with Gasteiger partial charge in [0.1, 0.15) is 11.5 Å². The number of hydrazine groups is 1. The molecule has 1 amide bonds. The van der Waals surface area contributed by atoms with Crippen LogP contribution in [-0.4, -0.2) is 32.7 Å². The molecule has 2 aromatic carbocycles. The normalized spacial score (nSPS) is 9.38. The van der Waals surface area contributed by atoms with Crippen molar-refractivity contribution in [3.63, 3.8) is 0 Å². The number of rotatable bonds is 6. The Balaban J connectivity index is 0.000000260. The van der Waals surface area contributed by atoms with Crippen LogP contribution in [0.15, 0.2) is 48.5 Å². The van der Waals surface area contributed by atoms with Crippen molar-refractivity contribution >= 4 is 11.9 Å². The zero-order valence-electron chi connectivity index (χ0n) is 13.9. The lowest BCUT2D eigenvalue weighted by molar-refractivity contribution is 0.0600. The maximum atomic E-state index is 11.7. The van der Waals surface area contributed by atoms with E-state index in [0.717, 1.165) is 0 Å². The number of methoxy groups -OCH3 is 1. The van der Waals surface area contributed by atoms with Crippen LogP contribution in [0.5, 0.6) is 11.5 Å². The predicted octanol–water partition coefficient (Wildman–Crippen LogP) is 2.37. The van der Waals surface area contributed by atoms with E-state index in [1.807, 2.05) is 5.43 Å². The highest BCUT2D eigenvalue weighted by Crippen LogP contribution is 2.13. The number of ether oxygens (including phenoxy) is 3. The van der Waals surface area contributed by atoms with Gasteiger partial charge in [-0.15, -0.1) is 0 Å². The maximum Gasteiger partial charge on any atom is 0.337 e. The molecule has 26 heavy (non-hydrogen) atoms. The lowest BCUT2D eigenvalue weighted by atomic mass is 10.2. The molecule has 0 saturated heterocycles. The summed E-state index contributed by atoms with van der Waals surface area (Å²) in [5.74, 6) is 4.85. The molecule has 0 aliphatic rings. The minimum Gasteiger partial charge on any atom is -0.465 e. The molecule has 0 unspecified atom stereocenters. The second-order valence-electron chi connectivity index (χ2n) is 4.52. The van der Waals surface area contributed by atoms with Crippen molar-refractivity contribution in [1.29, 1.82) is 0 Å². The first kappa shape index (κ1) is 20.8. The Morgan fingerprint density at radius 1 is 0.885 bits per heavy atom. The number of hydrogen-bond donors (Lipinski definition) is 2. The summed E-state index contributed by atoms with van der Waals surface area (Å²) in [7, 11) is 1.30. The Morgan fingerprint density at radius 2 is 1.31 bits per heavy atom. The Bertz CT molecular complexity index is 632. The number of hydrogen-bond acceptors (Lipinski definition) is 6. The predicted molar refractivity (Wildman–Crippen MR) is 89.1 cm³/mol. The van der Waals surface area contributed by atoms with Gasteiger partial charge in [0.05, 0.1) is 12.7 Å². The van der Waals surface area contributed by atoms with Gasteiger partial charge in [0.25, 0.3) is 5.91 Å². The quantitative estimate of drug-likeness (QED) is 0.351. The summed E-state index contributed by atoms with van der Waals surface area (Å²) in [6, 6.07) is 12.0. The molecule has 0 fully saturated rings. The molecule has 2 rings (SSSR count). The Labute approximate surface area is 148 Å². The molecule has 0 saturated carbocycles. The molecule has 0 aromatic heterocycles. The molecule has 0 radical (unpaired) electrons. The maximum absolute atomic E-state index is 11.7. The van der Waals surface area contributed by atoms with Crippen molar-refractivity contribution in [2.75, 3.05) is 20.8 Å². The minimum atomic E-state index is -0.886. The van der Waals surface area contributed by atoms with E-state index in [0.29, 0.717) is 22.6 Å². The van der Waals surface area contributed by atoms with Crippen LogP contribution in [0.1, 0.15) is 20.7 Å². The van der Waals surface area contributed by atoms with Gasteiger partial charge >= 0.3 is 5.97 Å². The topological polar surface area (TPSA) is 99.9 Å². The van der Waals surface area contributed by atoms with Gasteiger partial charge in [-0.25, -0.2) is 19.4 Å². The fourth-order valence-electron chi connectivity index (χ4n) is 1.72. The molecule has 0 aliphatic heterocycles. The number of amides is 1. The SMILES string of the molecule is COC(=O)c1ccc(OCF)cc1.NNC(=O)c1ccc(OCF)cc1. The first-order valence-electron chi connectivity index (χ1n) is 7.22. The van der Waals surface area contributed by atoms with Crippen LogP contribution in [0.25, 0.3) is 0 Å². The Kier molecular flexibility index (Phi) is 9.12. The highest BCUT2D eigenvalue weighted by Gasteiger charge is 2.04. The number of carbonyl (C=O) groups is 2. The number of alkyl halides is 2. The average molecular weight is 368 g/mol. The van der Waals surface area contributed by atoms with E-state index in [-0.39, 0.29) is 0 Å². The molecule has 0 spiro atoms. The third-order valence-electron chi connectivity index (χ3n) is 2.97. The van der Waals surface area contributed by atoms with Crippen molar-refractivity contribution in [3.8, 4) is 11.5 Å². The fraction of sp³-hybridized carbons (Fsp3) is 0.176. The van der Waals surface area contributed by atoms with E-state index in [1.165, 1.54) is 55.6 Å². The smallest absolute Gasteiger partial charge is 0.337 e. The van der Waals surface area contributed by atoms with E-state index < -0.39 is 25.6 Å². The second kappa shape index (κ2) is 11.4.